The highest BCUT2D eigenvalue weighted by atomic mass is 16.6. The molecular weight excluding hydrogens is 482 g/mol. The Morgan fingerprint density at radius 1 is 1.08 bits per heavy atom. The molecule has 4 N–H and O–H groups in total. The van der Waals surface area contributed by atoms with Crippen molar-refractivity contribution in [2.75, 3.05) is 32.5 Å². The largest absolute Gasteiger partial charge is 0.412 e. The van der Waals surface area contributed by atoms with Gasteiger partial charge in [0.25, 0.3) is 11.5 Å². The molecule has 0 radical (unpaired) electrons. The lowest BCUT2D eigenvalue weighted by Crippen LogP contribution is -2.28. The third-order valence-electron chi connectivity index (χ3n) is 7.17. The predicted molar refractivity (Wildman–Crippen MR) is 150 cm³/mol. The number of aryl methyl sites for hydroxylation is 2. The number of nitrogens with zero attached hydrogens (tertiary/aromatic N) is 5. The van der Waals surface area contributed by atoms with Crippen LogP contribution in [0.25, 0.3) is 33.5 Å². The number of anilines is 1. The van der Waals surface area contributed by atoms with E-state index in [-0.39, 0.29) is 28.5 Å². The monoisotopic (exact) mass is 517 g/mol. The number of hydrogen-bond donors (Lipinski definition) is 2. The summed E-state index contributed by atoms with van der Waals surface area (Å²) in [6.07, 6.45) is 0.712. The number of aromatic nitrogens is 4. The zero-order valence-corrected chi connectivity index (χ0v) is 22.8. The highest BCUT2D eigenvalue weighted by Gasteiger charge is 2.24. The summed E-state index contributed by atoms with van der Waals surface area (Å²) in [6.45, 7) is 10.8. The van der Waals surface area contributed by atoms with Gasteiger partial charge in [0.2, 0.25) is 0 Å². The first kappa shape index (κ1) is 26.9. The molecule has 1 amide bonds. The molecule has 3 heterocycles. The molecule has 0 aliphatic carbocycles. The fraction of sp³-hybridized carbons (Fsp3) is 0.357. The summed E-state index contributed by atoms with van der Waals surface area (Å²) in [4.78, 5) is 43.1. The molecule has 0 fully saturated rings. The number of benzene rings is 1. The Bertz CT molecular complexity index is 1560. The number of carbonyl (C=O) groups is 1. The molecule has 3 aromatic heterocycles. The molecule has 38 heavy (non-hydrogen) atoms. The van der Waals surface area contributed by atoms with Crippen LogP contribution in [0.4, 0.5) is 5.82 Å². The van der Waals surface area contributed by atoms with E-state index in [0.717, 1.165) is 46.7 Å². The third-order valence-corrected chi connectivity index (χ3v) is 7.17. The molecular formula is C28H35N7O3. The smallest absolute Gasteiger partial charge is 0.292 e. The van der Waals surface area contributed by atoms with Crippen molar-refractivity contribution >= 4 is 22.8 Å². The minimum atomic E-state index is -0.603. The van der Waals surface area contributed by atoms with Gasteiger partial charge in [0.15, 0.2) is 11.5 Å². The van der Waals surface area contributed by atoms with Crippen LogP contribution in [0.1, 0.15) is 41.2 Å². The van der Waals surface area contributed by atoms with Gasteiger partial charge in [0, 0.05) is 25.7 Å². The molecule has 10 heteroatoms. The minimum Gasteiger partial charge on any atom is -0.412 e. The van der Waals surface area contributed by atoms with Crippen molar-refractivity contribution in [2.24, 2.45) is 12.8 Å². The van der Waals surface area contributed by atoms with Crippen molar-refractivity contribution in [2.45, 2.75) is 34.1 Å². The van der Waals surface area contributed by atoms with E-state index in [9.17, 15) is 9.59 Å². The van der Waals surface area contributed by atoms with Crippen LogP contribution in [0.5, 0.6) is 0 Å². The topological polar surface area (TPSA) is 134 Å². The second-order valence-electron chi connectivity index (χ2n) is 9.37. The van der Waals surface area contributed by atoms with Crippen molar-refractivity contribution in [1.29, 1.82) is 0 Å². The van der Waals surface area contributed by atoms with Gasteiger partial charge in [-0.15, -0.1) is 4.73 Å². The summed E-state index contributed by atoms with van der Waals surface area (Å²) in [6, 6.07) is 9.41. The zero-order chi connectivity index (χ0) is 27.7. The molecule has 0 aliphatic heterocycles. The summed E-state index contributed by atoms with van der Waals surface area (Å²) in [5.41, 5.74) is 16.9. The van der Waals surface area contributed by atoms with Crippen LogP contribution in [-0.2, 0) is 13.5 Å². The minimum absolute atomic E-state index is 0.159. The van der Waals surface area contributed by atoms with Crippen LogP contribution >= 0.6 is 0 Å². The first-order valence-corrected chi connectivity index (χ1v) is 12.7. The Morgan fingerprint density at radius 3 is 2.32 bits per heavy atom. The van der Waals surface area contributed by atoms with E-state index in [1.54, 1.807) is 17.7 Å². The molecule has 10 nitrogen and oxygen atoms in total. The number of amides is 1. The lowest BCUT2D eigenvalue weighted by Gasteiger charge is -2.17. The number of nitrogens with two attached hydrogens (primary N) is 2. The van der Waals surface area contributed by atoms with Gasteiger partial charge in [-0.25, -0.2) is 9.97 Å². The Balaban J connectivity index is 1.93. The molecule has 0 saturated heterocycles. The summed E-state index contributed by atoms with van der Waals surface area (Å²) in [5, 5.41) is 0.464. The van der Waals surface area contributed by atoms with Crippen LogP contribution in [0, 0.1) is 13.8 Å². The summed E-state index contributed by atoms with van der Waals surface area (Å²) in [7, 11) is 3.20. The normalized spacial score (nSPS) is 11.4. The maximum atomic E-state index is 13.6. The summed E-state index contributed by atoms with van der Waals surface area (Å²) in [5.74, 6) is -0.251. The number of rotatable bonds is 9. The van der Waals surface area contributed by atoms with E-state index in [1.165, 1.54) is 7.11 Å². The number of likely N-dealkylation sites (N-methyl/N-ethyl adjacent to an activating group) is 1. The molecule has 0 bridgehead atoms. The van der Waals surface area contributed by atoms with Crippen molar-refractivity contribution in [3.05, 3.63) is 63.2 Å². The summed E-state index contributed by atoms with van der Waals surface area (Å²) < 4.78 is 2.89. The van der Waals surface area contributed by atoms with Crippen LogP contribution < -0.4 is 21.9 Å². The van der Waals surface area contributed by atoms with Gasteiger partial charge < -0.3 is 25.8 Å². The van der Waals surface area contributed by atoms with Crippen molar-refractivity contribution in [3.8, 4) is 22.5 Å². The third kappa shape index (κ3) is 4.63. The standard InChI is InChI=1S/C28H35N7O3/c1-7-34(8-2)13-12-18-14-20(23(25(30)36)33(18)5)26-31-24(29)21-15-19(22-16(3)10-9-11-17(22)4)28(37)35(38-6)27(21)32-26/h9-11,14-15H,7-8,12-13H2,1-6H3,(H2,30,36)(H2,29,31,32). The molecule has 200 valence electrons. The van der Waals surface area contributed by atoms with Gasteiger partial charge in [0.05, 0.1) is 16.5 Å². The molecule has 0 aliphatic rings. The molecule has 0 saturated carbocycles. The van der Waals surface area contributed by atoms with E-state index in [4.69, 9.17) is 16.3 Å². The molecule has 4 rings (SSSR count). The lowest BCUT2D eigenvalue weighted by molar-refractivity contribution is 0.0993. The molecule has 0 unspecified atom stereocenters. The second kappa shape index (κ2) is 10.7. The van der Waals surface area contributed by atoms with E-state index < -0.39 is 5.91 Å². The molecule has 0 spiro atoms. The average Bonchev–Trinajstić information content (AvgIpc) is 3.21. The van der Waals surface area contributed by atoms with Crippen molar-refractivity contribution in [1.82, 2.24) is 24.2 Å². The molecule has 0 atom stereocenters. The first-order chi connectivity index (χ1) is 18.1. The number of primary amides is 1. The lowest BCUT2D eigenvalue weighted by atomic mass is 9.96. The van der Waals surface area contributed by atoms with Crippen LogP contribution in [-0.4, -0.2) is 56.8 Å². The fourth-order valence-electron chi connectivity index (χ4n) is 5.06. The number of hydrogen-bond acceptors (Lipinski definition) is 7. The maximum Gasteiger partial charge on any atom is 0.292 e. The van der Waals surface area contributed by atoms with Crippen molar-refractivity contribution < 1.29 is 9.63 Å². The highest BCUT2D eigenvalue weighted by Crippen LogP contribution is 2.31. The van der Waals surface area contributed by atoms with E-state index >= 15 is 0 Å². The average molecular weight is 518 g/mol. The van der Waals surface area contributed by atoms with Crippen LogP contribution in [0.15, 0.2) is 35.1 Å². The quantitative estimate of drug-likeness (QED) is 0.349. The number of pyridine rings is 1. The number of carbonyl (C=O) groups excluding carboxylic acids is 1. The predicted octanol–water partition coefficient (Wildman–Crippen LogP) is 2.70. The van der Waals surface area contributed by atoms with Gasteiger partial charge in [-0.2, -0.15) is 0 Å². The molecule has 1 aromatic carbocycles. The SMILES string of the molecule is CCN(CC)CCc1cc(-c2nc(N)c3cc(-c4c(C)cccc4C)c(=O)n(OC)c3n2)c(C(N)=O)n1C. The van der Waals surface area contributed by atoms with Gasteiger partial charge in [-0.05, 0) is 55.8 Å². The van der Waals surface area contributed by atoms with Crippen LogP contribution in [0.3, 0.4) is 0 Å². The van der Waals surface area contributed by atoms with Gasteiger partial charge >= 0.3 is 0 Å². The zero-order valence-electron chi connectivity index (χ0n) is 22.8. The van der Waals surface area contributed by atoms with Gasteiger partial charge in [-0.3, -0.25) is 9.59 Å². The summed E-state index contributed by atoms with van der Waals surface area (Å²) >= 11 is 0. The molecule has 4 aromatic rings. The highest BCUT2D eigenvalue weighted by molar-refractivity contribution is 5.99. The van der Waals surface area contributed by atoms with Crippen LogP contribution in [0.2, 0.25) is 0 Å². The van der Waals surface area contributed by atoms with E-state index in [2.05, 4.69) is 28.7 Å². The van der Waals surface area contributed by atoms with Gasteiger partial charge in [0.1, 0.15) is 18.6 Å². The Kier molecular flexibility index (Phi) is 7.54. The second-order valence-corrected chi connectivity index (χ2v) is 9.37. The first-order valence-electron chi connectivity index (χ1n) is 12.7. The fourth-order valence-corrected chi connectivity index (χ4v) is 5.06. The Labute approximate surface area is 221 Å². The van der Waals surface area contributed by atoms with E-state index in [0.29, 0.717) is 22.9 Å². The Hall–Kier alpha value is -4.18. The Morgan fingerprint density at radius 2 is 1.74 bits per heavy atom. The maximum absolute atomic E-state index is 13.6. The van der Waals surface area contributed by atoms with Gasteiger partial charge in [-0.1, -0.05) is 32.0 Å². The number of nitrogen functional groups attached to an aromatic ring is 1. The number of fused-ring (bicyclic) bond motifs is 1. The van der Waals surface area contributed by atoms with E-state index in [1.807, 2.05) is 38.1 Å². The van der Waals surface area contributed by atoms with Crippen molar-refractivity contribution in [3.63, 3.8) is 0 Å².